The number of ether oxygens (including phenoxy) is 13. The largest absolute Gasteiger partial charge is 0.459 e. The van der Waals surface area contributed by atoms with Gasteiger partial charge in [0, 0.05) is 88.7 Å². The second-order valence-corrected chi connectivity index (χ2v) is 34.3. The van der Waals surface area contributed by atoms with Gasteiger partial charge in [-0.2, -0.15) is 10.1 Å². The van der Waals surface area contributed by atoms with Crippen molar-refractivity contribution in [2.75, 3.05) is 145 Å². The van der Waals surface area contributed by atoms with E-state index in [1.165, 1.54) is 19.3 Å². The summed E-state index contributed by atoms with van der Waals surface area (Å²) in [4.78, 5) is 98.2. The van der Waals surface area contributed by atoms with E-state index in [9.17, 15) is 44.1 Å². The molecule has 10 rings (SSSR count). The molecule has 2 aromatic carbocycles. The van der Waals surface area contributed by atoms with Gasteiger partial charge in [0.15, 0.2) is 17.0 Å². The number of carbonyl (C=O) groups excluding carboxylic acids is 6. The van der Waals surface area contributed by atoms with Crippen molar-refractivity contribution in [3.63, 3.8) is 0 Å². The molecule has 1 aliphatic carbocycles. The van der Waals surface area contributed by atoms with Gasteiger partial charge in [-0.05, 0) is 150 Å². The number of Topliss-reactive ketones (excluding diaryl/α,β-unsaturated/α-hetero) is 3. The molecule has 1 saturated carbocycles. The number of esters is 1. The summed E-state index contributed by atoms with van der Waals surface area (Å²) in [6.45, 7) is 18.7. The molecule has 7 heterocycles. The molecule has 6 aromatic rings. The summed E-state index contributed by atoms with van der Waals surface area (Å²) in [6, 6.07) is 11.3. The Morgan fingerprint density at radius 3 is 2.05 bits per heavy atom. The number of ketones is 3. The zero-order chi connectivity index (χ0) is 92.9. The van der Waals surface area contributed by atoms with E-state index in [0.29, 0.717) is 223 Å². The summed E-state index contributed by atoms with van der Waals surface area (Å²) in [6.07, 6.45) is 15.1. The number of nitrogen functional groups attached to an aromatic ring is 2. The number of hydrogen-bond acceptors (Lipinski definition) is 32. The number of aliphatic hydroxyl groups is 3. The number of rotatable bonds is 43. The molecule has 2 bridgehead atoms. The number of aliphatic hydroxyl groups excluding tert-OH is 2. The van der Waals surface area contributed by atoms with Gasteiger partial charge in [0.05, 0.1) is 154 Å². The summed E-state index contributed by atoms with van der Waals surface area (Å²) in [5, 5.41) is 51.7. The van der Waals surface area contributed by atoms with Crippen LogP contribution >= 0.6 is 0 Å². The zero-order valence-corrected chi connectivity index (χ0v) is 76.7. The minimum atomic E-state index is -2.49. The number of unbranched alkanes of at least 4 members (excludes halogenated alkanes) is 1. The summed E-state index contributed by atoms with van der Waals surface area (Å²) in [7, 11) is 3.20. The Balaban J connectivity index is 0.534. The van der Waals surface area contributed by atoms with Gasteiger partial charge in [-0.15, -0.1) is 5.10 Å². The van der Waals surface area contributed by atoms with Gasteiger partial charge in [0.2, 0.25) is 11.7 Å². The normalized spacial score (nSPS) is 26.2. The van der Waals surface area contributed by atoms with Gasteiger partial charge in [-0.25, -0.2) is 24.1 Å². The van der Waals surface area contributed by atoms with Crippen LogP contribution in [0.3, 0.4) is 0 Å². The lowest BCUT2D eigenvalue weighted by Gasteiger charge is -2.42. The second-order valence-electron chi connectivity index (χ2n) is 34.3. The van der Waals surface area contributed by atoms with E-state index in [2.05, 4.69) is 30.6 Å². The lowest BCUT2D eigenvalue weighted by molar-refractivity contribution is -0.265. The summed E-state index contributed by atoms with van der Waals surface area (Å²) >= 11 is 0. The number of nitrogens with zero attached hydrogens (tertiary/aromatic N) is 9. The molecule has 2 saturated heterocycles. The Bertz CT molecular complexity index is 4650. The number of nitrogens with one attached hydrogen (secondary N) is 1. The number of fused-ring (bicyclic) bond motifs is 5. The van der Waals surface area contributed by atoms with Crippen LogP contribution in [0.4, 0.5) is 11.8 Å². The predicted octanol–water partition coefficient (Wildman–Crippen LogP) is 7.86. The number of allylic oxidation sites excluding steroid dienone is 6. The van der Waals surface area contributed by atoms with E-state index in [-0.39, 0.29) is 80.4 Å². The molecular weight excluding hydrogens is 1680 g/mol. The maximum Gasteiger partial charge on any atom is 0.329 e. The summed E-state index contributed by atoms with van der Waals surface area (Å²) in [5.41, 5.74) is 26.1. The molecule has 36 heteroatoms. The molecule has 3 fully saturated rings. The molecule has 2 amide bonds. The molecule has 130 heavy (non-hydrogen) atoms. The molecule has 0 unspecified atom stereocenters. The lowest BCUT2D eigenvalue weighted by Crippen LogP contribution is -2.61. The highest BCUT2D eigenvalue weighted by atomic mass is 16.6. The predicted molar refractivity (Wildman–Crippen MR) is 482 cm³/mol. The number of oxazole rings is 1. The quantitative estimate of drug-likeness (QED) is 0.00828. The van der Waals surface area contributed by atoms with Gasteiger partial charge in [0.25, 0.3) is 17.7 Å². The van der Waals surface area contributed by atoms with Crippen molar-refractivity contribution in [1.29, 1.82) is 0 Å². The third-order valence-corrected chi connectivity index (χ3v) is 24.3. The van der Waals surface area contributed by atoms with Crippen LogP contribution in [0.15, 0.2) is 107 Å². The number of anilines is 2. The van der Waals surface area contributed by atoms with Crippen molar-refractivity contribution in [3.05, 3.63) is 119 Å². The number of aryl methyl sites for hydroxylation is 1. The van der Waals surface area contributed by atoms with E-state index in [0.717, 1.165) is 45.7 Å². The van der Waals surface area contributed by atoms with Crippen molar-refractivity contribution in [3.8, 4) is 11.3 Å². The molecule has 716 valence electrons. The third-order valence-electron chi connectivity index (χ3n) is 24.3. The minimum absolute atomic E-state index is 0.0251. The van der Waals surface area contributed by atoms with E-state index in [4.69, 9.17) is 88.3 Å². The number of aromatic nitrogens is 8. The second kappa shape index (κ2) is 53.6. The zero-order valence-electron chi connectivity index (χ0n) is 76.7. The van der Waals surface area contributed by atoms with E-state index in [1.54, 1.807) is 50.4 Å². The van der Waals surface area contributed by atoms with Gasteiger partial charge in [-0.1, -0.05) is 93.6 Å². The average molecular weight is 1820 g/mol. The molecule has 3 aliphatic heterocycles. The Hall–Kier alpha value is -9.06. The van der Waals surface area contributed by atoms with Crippen LogP contribution in [0.25, 0.3) is 33.4 Å². The molecule has 0 spiro atoms. The highest BCUT2D eigenvalue weighted by molar-refractivity contribution is 6.39. The number of carbonyl (C=O) groups is 6. The van der Waals surface area contributed by atoms with Crippen LogP contribution in [-0.4, -0.2) is 289 Å². The van der Waals surface area contributed by atoms with Gasteiger partial charge in [-0.3, -0.25) is 24.0 Å². The highest BCUT2D eigenvalue weighted by Crippen LogP contribution is 2.39. The Morgan fingerprint density at radius 1 is 0.708 bits per heavy atom. The first kappa shape index (κ1) is 103. The molecule has 15 atom stereocenters. The Kier molecular flexibility index (Phi) is 42.5. The molecular formula is C94H137N13O23. The number of cyclic esters (lactones) is 1. The molecule has 0 radical (unpaired) electrons. The highest BCUT2D eigenvalue weighted by Gasteiger charge is 2.53. The number of hydrogen-bond donors (Lipinski definition) is 7. The standard InChI is InChI=1S/C94H137N13O23/c1-61-16-10-9-11-17-62(2)79(117-7)55-72-27-20-66(6)94(116,130-72)88(113)91(114)106-31-14-12-19-75(106)92(115)128-80(56-76(108)63(3)51-65(5)86(111)87(112)85(110)64(4)50-61)73(95)52-69-25-28-78(81(53-69)118-8)127-33-15-13-18-71-59-105(104-102-71)32-35-120-37-39-122-41-43-124-45-47-126-49-48-125-46-44-123-42-40-121-38-36-119-34-30-82(109)98-57-67-21-23-68(24-22-67)58-107-90-83(89(96)99-60-100-90)84(103-107)70-26-29-77-74(54-70)101-93(97)129-77/h9-11,16-17,21-24,26,29,51,54,59-61,63-64,66,69,72-73,75,78-81,86-87,111-112,116H,12-15,18-20,25,27-28,30-50,52-53,55-58,95H2,1-8H3,(H2,97,101)(H,98,109)(H2,96,99,100)/b11-9+,16-10+,62-17+,65-51+/t61-,63-,64-,66-,69+,72+,73-,75+,78-,79+,80+,81-,86-,87+,94-/m1/s1. The number of piperidine rings is 1. The van der Waals surface area contributed by atoms with E-state index < -0.39 is 95.4 Å². The molecule has 10 N–H and O–H groups in total. The van der Waals surface area contributed by atoms with Crippen LogP contribution in [0.5, 0.6) is 0 Å². The van der Waals surface area contributed by atoms with E-state index >= 15 is 0 Å². The molecule has 36 nitrogen and oxygen atoms in total. The topological polar surface area (TPSA) is 477 Å². The van der Waals surface area contributed by atoms with Crippen molar-refractivity contribution in [2.45, 2.75) is 225 Å². The first-order valence-corrected chi connectivity index (χ1v) is 45.8. The first-order valence-electron chi connectivity index (χ1n) is 45.8. The fourth-order valence-corrected chi connectivity index (χ4v) is 16.7. The van der Waals surface area contributed by atoms with Crippen LogP contribution in [0.1, 0.15) is 155 Å². The lowest BCUT2D eigenvalue weighted by atomic mass is 9.80. The van der Waals surface area contributed by atoms with Gasteiger partial charge >= 0.3 is 5.97 Å². The number of benzene rings is 2. The van der Waals surface area contributed by atoms with Crippen LogP contribution in [-0.2, 0) is 116 Å². The van der Waals surface area contributed by atoms with Crippen LogP contribution in [0, 0.1) is 29.6 Å². The summed E-state index contributed by atoms with van der Waals surface area (Å²) < 4.78 is 84.8. The van der Waals surface area contributed by atoms with Crippen molar-refractivity contribution >= 4 is 69.1 Å². The van der Waals surface area contributed by atoms with Gasteiger partial charge < -0.3 is 109 Å². The van der Waals surface area contributed by atoms with Crippen molar-refractivity contribution < 1.29 is 110 Å². The average Bonchev–Trinajstić information content (AvgIpc) is 1.62. The number of methoxy groups -OCH3 is 2. The Labute approximate surface area is 760 Å². The SMILES string of the molecule is CO[C@H]1C[C@@H]2CC[C@@H](C)[C@@](O)(O2)C(=O)C(=O)N2CCCC[C@H]2C(=O)O[C@H]([C@H](N)C[C@@H]2CC[C@@H](OCCCCc3cn(CCOCCOCCOCCOCCOCCOCCOCCOCCC(=O)NCc4ccc(Cn5nc(-c6ccc7oc(N)nc7c6)c6c(N)ncnc65)cc4)nn3)[C@H](OC)C2)CC(=O)[C@H](C)/C=C(\C)[C@@H](O)[C@@H](O)C(=O)[C@H](C)C[C@H](C)/C=C/C=C/C=C/1C. The van der Waals surface area contributed by atoms with Crippen LogP contribution in [0.2, 0.25) is 0 Å². The van der Waals surface area contributed by atoms with Crippen molar-refractivity contribution in [1.82, 2.24) is 49.9 Å². The Morgan fingerprint density at radius 2 is 1.38 bits per heavy atom. The summed E-state index contributed by atoms with van der Waals surface area (Å²) in [5.74, 6) is -8.71. The van der Waals surface area contributed by atoms with Gasteiger partial charge in [0.1, 0.15) is 53.5 Å². The smallest absolute Gasteiger partial charge is 0.329 e. The fourth-order valence-electron chi connectivity index (χ4n) is 16.7. The first-order chi connectivity index (χ1) is 62.8. The third kappa shape index (κ3) is 31.6. The van der Waals surface area contributed by atoms with Crippen molar-refractivity contribution in [2.24, 2.45) is 35.3 Å². The number of amides is 2. The monoisotopic (exact) mass is 1820 g/mol. The van der Waals surface area contributed by atoms with E-state index in [1.807, 2.05) is 86.8 Å². The number of nitrogens with two attached hydrogens (primary N) is 3. The maximum absolute atomic E-state index is 14.7. The van der Waals surface area contributed by atoms with Crippen LogP contribution < -0.4 is 22.5 Å². The maximum atomic E-state index is 14.7. The minimum Gasteiger partial charge on any atom is -0.459 e. The fraction of sp³-hybridized carbons (Fsp3) is 0.638. The molecule has 4 aromatic heterocycles. The molecule has 4 aliphatic rings.